The normalized spacial score (nSPS) is 11.7. The highest BCUT2D eigenvalue weighted by Crippen LogP contribution is 2.31. The molecule has 37 heavy (non-hydrogen) atoms. The Labute approximate surface area is 209 Å². The van der Waals surface area contributed by atoms with Gasteiger partial charge in [-0.05, 0) is 60.5 Å². The van der Waals surface area contributed by atoms with Gasteiger partial charge in [0, 0.05) is 11.9 Å². The number of rotatable bonds is 6. The summed E-state index contributed by atoms with van der Waals surface area (Å²) < 4.78 is 46.1. The van der Waals surface area contributed by atoms with Gasteiger partial charge in [-0.2, -0.15) is 23.4 Å². The number of carbonyl (C=O) groups excluding carboxylic acids is 1. The minimum Gasteiger partial charge on any atom is -0.438 e. The first-order valence-electron chi connectivity index (χ1n) is 11.1. The molecule has 0 bridgehead atoms. The monoisotopic (exact) mass is 504 g/mol. The SMILES string of the molecule is CCc1ccc(Oc2nc3ccccn3c(=O)c2/C=C(/C#N)C(=O)Nc2cccc(C(F)(F)F)c2)cc1. The molecule has 1 N–H and O–H groups in total. The third-order valence-electron chi connectivity index (χ3n) is 5.38. The van der Waals surface area contributed by atoms with E-state index in [1.165, 1.54) is 16.7 Å². The summed E-state index contributed by atoms with van der Waals surface area (Å²) in [6.45, 7) is 2.00. The highest BCUT2D eigenvalue weighted by molar-refractivity contribution is 6.09. The Morgan fingerprint density at radius 2 is 1.89 bits per heavy atom. The van der Waals surface area contributed by atoms with Crippen LogP contribution in [0.4, 0.5) is 18.9 Å². The van der Waals surface area contributed by atoms with Crippen molar-refractivity contribution in [3.63, 3.8) is 0 Å². The molecule has 2 heterocycles. The maximum atomic E-state index is 13.3. The van der Waals surface area contributed by atoms with Crippen molar-refractivity contribution in [3.05, 3.63) is 106 Å². The number of anilines is 1. The number of carbonyl (C=O) groups is 1. The molecule has 0 saturated heterocycles. The zero-order chi connectivity index (χ0) is 26.6. The van der Waals surface area contributed by atoms with Crippen molar-refractivity contribution >= 4 is 23.3 Å². The summed E-state index contributed by atoms with van der Waals surface area (Å²) in [6, 6.07) is 17.7. The summed E-state index contributed by atoms with van der Waals surface area (Å²) in [5.74, 6) is -0.761. The molecule has 0 spiro atoms. The fraction of sp³-hybridized carbons (Fsp3) is 0.111. The molecular formula is C27H19F3N4O3. The molecule has 0 saturated carbocycles. The number of benzene rings is 2. The summed E-state index contributed by atoms with van der Waals surface area (Å²) in [7, 11) is 0. The first-order valence-corrected chi connectivity index (χ1v) is 11.1. The second-order valence-corrected chi connectivity index (χ2v) is 7.87. The number of halogens is 3. The van der Waals surface area contributed by atoms with Crippen LogP contribution in [0.2, 0.25) is 0 Å². The van der Waals surface area contributed by atoms with E-state index in [-0.39, 0.29) is 22.8 Å². The van der Waals surface area contributed by atoms with Gasteiger partial charge in [0.2, 0.25) is 5.88 Å². The maximum absolute atomic E-state index is 13.3. The van der Waals surface area contributed by atoms with Gasteiger partial charge >= 0.3 is 6.18 Å². The van der Waals surface area contributed by atoms with E-state index < -0.39 is 28.8 Å². The lowest BCUT2D eigenvalue weighted by atomic mass is 10.1. The molecule has 0 radical (unpaired) electrons. The Morgan fingerprint density at radius 3 is 2.57 bits per heavy atom. The zero-order valence-corrected chi connectivity index (χ0v) is 19.4. The molecule has 0 atom stereocenters. The maximum Gasteiger partial charge on any atom is 0.416 e. The van der Waals surface area contributed by atoms with E-state index in [4.69, 9.17) is 4.74 Å². The molecule has 2 aromatic carbocycles. The summed E-state index contributed by atoms with van der Waals surface area (Å²) in [4.78, 5) is 30.4. The van der Waals surface area contributed by atoms with Crippen LogP contribution in [-0.2, 0) is 17.4 Å². The predicted octanol–water partition coefficient (Wildman–Crippen LogP) is 5.61. The van der Waals surface area contributed by atoms with E-state index in [1.54, 1.807) is 36.4 Å². The second-order valence-electron chi connectivity index (χ2n) is 7.87. The van der Waals surface area contributed by atoms with E-state index in [9.17, 15) is 28.0 Å². The van der Waals surface area contributed by atoms with Gasteiger partial charge in [0.15, 0.2) is 0 Å². The van der Waals surface area contributed by atoms with Gasteiger partial charge in [-0.25, -0.2) is 0 Å². The van der Waals surface area contributed by atoms with Gasteiger partial charge < -0.3 is 10.1 Å². The van der Waals surface area contributed by atoms with Crippen LogP contribution in [0.5, 0.6) is 11.6 Å². The van der Waals surface area contributed by atoms with Crippen LogP contribution in [0.15, 0.2) is 83.3 Å². The first kappa shape index (κ1) is 25.2. The Kier molecular flexibility index (Phi) is 7.06. The lowest BCUT2D eigenvalue weighted by Crippen LogP contribution is -2.20. The van der Waals surface area contributed by atoms with Crippen LogP contribution in [0.1, 0.15) is 23.6 Å². The minimum absolute atomic E-state index is 0.139. The average Bonchev–Trinajstić information content (AvgIpc) is 2.88. The number of nitrogens with zero attached hydrogens (tertiary/aromatic N) is 3. The standard InChI is InChI=1S/C27H19F3N4O3/c1-2-17-9-11-21(12-10-17)37-25-22(26(36)34-13-4-3-8-23(34)33-25)14-18(16-31)24(35)32-20-7-5-6-19(15-20)27(28,29)30/h3-15H,2H2,1H3,(H,32,35)/b18-14-. The van der Waals surface area contributed by atoms with E-state index in [0.717, 1.165) is 36.3 Å². The Morgan fingerprint density at radius 1 is 1.14 bits per heavy atom. The fourth-order valence-electron chi connectivity index (χ4n) is 3.45. The van der Waals surface area contributed by atoms with E-state index in [1.807, 2.05) is 19.1 Å². The van der Waals surface area contributed by atoms with Gasteiger partial charge in [-0.1, -0.05) is 31.2 Å². The number of fused-ring (bicyclic) bond motifs is 1. The number of aromatic nitrogens is 2. The summed E-state index contributed by atoms with van der Waals surface area (Å²) in [5.41, 5.74) is -1.10. The van der Waals surface area contributed by atoms with Crippen LogP contribution in [0.3, 0.4) is 0 Å². The third kappa shape index (κ3) is 5.67. The summed E-state index contributed by atoms with van der Waals surface area (Å²) >= 11 is 0. The topological polar surface area (TPSA) is 96.5 Å². The smallest absolute Gasteiger partial charge is 0.416 e. The number of pyridine rings is 1. The molecule has 1 amide bonds. The van der Waals surface area contributed by atoms with Gasteiger partial charge in [0.25, 0.3) is 11.5 Å². The molecule has 186 valence electrons. The second kappa shape index (κ2) is 10.4. The highest BCUT2D eigenvalue weighted by Gasteiger charge is 2.30. The number of amides is 1. The molecule has 4 aromatic rings. The van der Waals surface area contributed by atoms with Crippen molar-refractivity contribution in [2.24, 2.45) is 0 Å². The fourth-order valence-corrected chi connectivity index (χ4v) is 3.45. The van der Waals surface area contributed by atoms with Crippen molar-refractivity contribution in [3.8, 4) is 17.7 Å². The zero-order valence-electron chi connectivity index (χ0n) is 19.4. The number of alkyl halides is 3. The number of nitriles is 1. The summed E-state index contributed by atoms with van der Waals surface area (Å²) in [5, 5.41) is 11.9. The Bertz CT molecular complexity index is 1600. The van der Waals surface area contributed by atoms with Crippen molar-refractivity contribution < 1.29 is 22.7 Å². The van der Waals surface area contributed by atoms with Crippen LogP contribution in [-0.4, -0.2) is 15.3 Å². The molecule has 0 aliphatic rings. The summed E-state index contributed by atoms with van der Waals surface area (Å²) in [6.07, 6.45) is -1.32. The molecule has 0 unspecified atom stereocenters. The van der Waals surface area contributed by atoms with Crippen molar-refractivity contribution in [1.82, 2.24) is 9.38 Å². The van der Waals surface area contributed by atoms with Gasteiger partial charge in [-0.15, -0.1) is 0 Å². The lowest BCUT2D eigenvalue weighted by Gasteiger charge is -2.11. The Hall–Kier alpha value is -4.91. The molecule has 7 nitrogen and oxygen atoms in total. The number of hydrogen-bond donors (Lipinski definition) is 1. The minimum atomic E-state index is -4.61. The quantitative estimate of drug-likeness (QED) is 0.272. The average molecular weight is 504 g/mol. The molecule has 10 heteroatoms. The van der Waals surface area contributed by atoms with Gasteiger partial charge in [-0.3, -0.25) is 14.0 Å². The highest BCUT2D eigenvalue weighted by atomic mass is 19.4. The van der Waals surface area contributed by atoms with Crippen molar-refractivity contribution in [1.29, 1.82) is 5.26 Å². The van der Waals surface area contributed by atoms with Crippen LogP contribution in [0.25, 0.3) is 11.7 Å². The molecule has 0 fully saturated rings. The van der Waals surface area contributed by atoms with Crippen LogP contribution < -0.4 is 15.6 Å². The van der Waals surface area contributed by atoms with Crippen LogP contribution in [0, 0.1) is 11.3 Å². The largest absolute Gasteiger partial charge is 0.438 e. The van der Waals surface area contributed by atoms with E-state index in [0.29, 0.717) is 5.75 Å². The first-order chi connectivity index (χ1) is 17.7. The molecule has 0 aliphatic heterocycles. The van der Waals surface area contributed by atoms with Crippen LogP contribution >= 0.6 is 0 Å². The van der Waals surface area contributed by atoms with Crippen molar-refractivity contribution in [2.45, 2.75) is 19.5 Å². The molecular weight excluding hydrogens is 485 g/mol. The van der Waals surface area contributed by atoms with E-state index >= 15 is 0 Å². The lowest BCUT2D eigenvalue weighted by molar-refractivity contribution is -0.137. The van der Waals surface area contributed by atoms with Gasteiger partial charge in [0.05, 0.1) is 5.56 Å². The molecule has 4 rings (SSSR count). The predicted molar refractivity (Wildman–Crippen MR) is 131 cm³/mol. The number of ether oxygens (including phenoxy) is 1. The van der Waals surface area contributed by atoms with E-state index in [2.05, 4.69) is 10.3 Å². The Balaban J connectivity index is 1.75. The molecule has 0 aliphatic carbocycles. The third-order valence-corrected chi connectivity index (χ3v) is 5.38. The molecule has 2 aromatic heterocycles. The number of aryl methyl sites for hydroxylation is 1. The number of nitrogens with one attached hydrogen (secondary N) is 1. The van der Waals surface area contributed by atoms with Crippen molar-refractivity contribution in [2.75, 3.05) is 5.32 Å². The van der Waals surface area contributed by atoms with Gasteiger partial charge in [0.1, 0.15) is 28.6 Å². The number of hydrogen-bond acceptors (Lipinski definition) is 5.